The Hall–Kier alpha value is -2.36. The number of benzene rings is 2. The monoisotopic (exact) mass is 271 g/mol. The zero-order chi connectivity index (χ0) is 14.7. The smallest absolute Gasteiger partial charge is 0.315 e. The van der Waals surface area contributed by atoms with Crippen molar-refractivity contribution in [1.29, 1.82) is 0 Å². The molecule has 0 bridgehead atoms. The third kappa shape index (κ3) is 2.50. The molecule has 2 aromatic rings. The molecule has 2 rings (SSSR count). The van der Waals surface area contributed by atoms with Crippen LogP contribution >= 0.6 is 0 Å². The first-order chi connectivity index (χ1) is 9.56. The molecule has 4 heteroatoms. The van der Waals surface area contributed by atoms with Gasteiger partial charge in [0.25, 0.3) is 0 Å². The van der Waals surface area contributed by atoms with E-state index in [0.717, 1.165) is 16.5 Å². The lowest BCUT2D eigenvalue weighted by Gasteiger charge is -2.24. The second-order valence-electron chi connectivity index (χ2n) is 4.64. The van der Waals surface area contributed by atoms with Crippen molar-refractivity contribution < 1.29 is 14.7 Å². The third-order valence-corrected chi connectivity index (χ3v) is 3.38. The van der Waals surface area contributed by atoms with Gasteiger partial charge in [-0.15, -0.1) is 0 Å². The van der Waals surface area contributed by atoms with Gasteiger partial charge >= 0.3 is 5.97 Å². The van der Waals surface area contributed by atoms with Crippen molar-refractivity contribution in [2.75, 3.05) is 11.4 Å². The molecular formula is C16H17NO3. The molecule has 0 heterocycles. The van der Waals surface area contributed by atoms with Gasteiger partial charge in [0.15, 0.2) is 0 Å². The summed E-state index contributed by atoms with van der Waals surface area (Å²) in [5.41, 5.74) is 0.753. The molecule has 1 N–H and O–H groups in total. The summed E-state index contributed by atoms with van der Waals surface area (Å²) in [4.78, 5) is 24.8. The number of amides is 1. The van der Waals surface area contributed by atoms with E-state index in [4.69, 9.17) is 5.11 Å². The number of nitrogens with zero attached hydrogens (tertiary/aromatic N) is 1. The van der Waals surface area contributed by atoms with Crippen molar-refractivity contribution >= 4 is 28.3 Å². The fourth-order valence-electron chi connectivity index (χ4n) is 2.23. The molecule has 104 valence electrons. The fourth-order valence-corrected chi connectivity index (χ4v) is 2.23. The Balaban J connectivity index is 2.50. The van der Waals surface area contributed by atoms with Crippen molar-refractivity contribution in [3.05, 3.63) is 42.5 Å². The number of rotatable bonds is 4. The maximum Gasteiger partial charge on any atom is 0.315 e. The van der Waals surface area contributed by atoms with Gasteiger partial charge in [0.05, 0.1) is 5.69 Å². The SMILES string of the molecule is CCN(C(=O)C(C)C(=O)O)c1cccc2ccccc12. The highest BCUT2D eigenvalue weighted by Crippen LogP contribution is 2.27. The van der Waals surface area contributed by atoms with Crippen molar-refractivity contribution in [2.45, 2.75) is 13.8 Å². The Morgan fingerprint density at radius 3 is 2.45 bits per heavy atom. The molecule has 1 atom stereocenters. The van der Waals surface area contributed by atoms with E-state index in [1.807, 2.05) is 49.4 Å². The Kier molecular flexibility index (Phi) is 4.03. The van der Waals surface area contributed by atoms with E-state index in [1.54, 1.807) is 0 Å². The second kappa shape index (κ2) is 5.74. The van der Waals surface area contributed by atoms with E-state index in [9.17, 15) is 9.59 Å². The van der Waals surface area contributed by atoms with Crippen LogP contribution in [0.3, 0.4) is 0 Å². The molecule has 4 nitrogen and oxygen atoms in total. The third-order valence-electron chi connectivity index (χ3n) is 3.38. The molecular weight excluding hydrogens is 254 g/mol. The van der Waals surface area contributed by atoms with Crippen LogP contribution in [-0.2, 0) is 9.59 Å². The minimum atomic E-state index is -1.10. The van der Waals surface area contributed by atoms with Crippen LogP contribution in [0.1, 0.15) is 13.8 Å². The van der Waals surface area contributed by atoms with Gasteiger partial charge in [0, 0.05) is 11.9 Å². The Morgan fingerprint density at radius 1 is 1.15 bits per heavy atom. The molecule has 0 spiro atoms. The molecule has 0 aromatic heterocycles. The molecule has 0 aliphatic rings. The lowest BCUT2D eigenvalue weighted by Crippen LogP contribution is -2.38. The average Bonchev–Trinajstić information content (AvgIpc) is 2.47. The molecule has 0 saturated carbocycles. The van der Waals surface area contributed by atoms with Crippen molar-refractivity contribution in [2.24, 2.45) is 5.92 Å². The highest BCUT2D eigenvalue weighted by atomic mass is 16.4. The molecule has 0 radical (unpaired) electrons. The van der Waals surface area contributed by atoms with Gasteiger partial charge in [0.2, 0.25) is 5.91 Å². The number of aliphatic carboxylic acids is 1. The molecule has 2 aromatic carbocycles. The van der Waals surface area contributed by atoms with Crippen molar-refractivity contribution in [3.8, 4) is 0 Å². The summed E-state index contributed by atoms with van der Waals surface area (Å²) >= 11 is 0. The average molecular weight is 271 g/mol. The summed E-state index contributed by atoms with van der Waals surface area (Å²) in [6, 6.07) is 13.4. The van der Waals surface area contributed by atoms with E-state index in [2.05, 4.69) is 0 Å². The van der Waals surface area contributed by atoms with Gasteiger partial charge in [-0.1, -0.05) is 36.4 Å². The molecule has 0 aliphatic heterocycles. The molecule has 0 saturated heterocycles. The van der Waals surface area contributed by atoms with Gasteiger partial charge in [-0.25, -0.2) is 0 Å². The Morgan fingerprint density at radius 2 is 1.80 bits per heavy atom. The predicted octanol–water partition coefficient (Wildman–Crippen LogP) is 2.91. The number of carboxylic acids is 1. The van der Waals surface area contributed by atoms with Crippen LogP contribution in [0.15, 0.2) is 42.5 Å². The molecule has 0 fully saturated rings. The van der Waals surface area contributed by atoms with Gasteiger partial charge in [-0.3, -0.25) is 9.59 Å². The van der Waals surface area contributed by atoms with Crippen LogP contribution in [0.2, 0.25) is 0 Å². The minimum absolute atomic E-state index is 0.392. The van der Waals surface area contributed by atoms with Crippen LogP contribution in [-0.4, -0.2) is 23.5 Å². The molecule has 20 heavy (non-hydrogen) atoms. The number of fused-ring (bicyclic) bond motifs is 1. The van der Waals surface area contributed by atoms with Gasteiger partial charge in [-0.2, -0.15) is 0 Å². The number of carbonyl (C=O) groups is 2. The first kappa shape index (κ1) is 14.1. The van der Waals surface area contributed by atoms with Crippen LogP contribution in [0.4, 0.5) is 5.69 Å². The lowest BCUT2D eigenvalue weighted by atomic mass is 10.1. The summed E-state index contributed by atoms with van der Waals surface area (Å²) in [6.07, 6.45) is 0. The number of carboxylic acid groups (broad SMARTS) is 1. The van der Waals surface area contributed by atoms with Gasteiger partial charge in [0.1, 0.15) is 5.92 Å². The topological polar surface area (TPSA) is 57.6 Å². The van der Waals surface area contributed by atoms with E-state index in [1.165, 1.54) is 11.8 Å². The highest BCUT2D eigenvalue weighted by molar-refractivity contribution is 6.09. The Bertz CT molecular complexity index is 646. The molecule has 0 aliphatic carbocycles. The number of hydrogen-bond acceptors (Lipinski definition) is 2. The van der Waals surface area contributed by atoms with Crippen LogP contribution in [0, 0.1) is 5.92 Å². The summed E-state index contributed by atoms with van der Waals surface area (Å²) in [5.74, 6) is -2.54. The van der Waals surface area contributed by atoms with Crippen molar-refractivity contribution in [1.82, 2.24) is 0 Å². The van der Waals surface area contributed by atoms with E-state index in [0.29, 0.717) is 6.54 Å². The first-order valence-electron chi connectivity index (χ1n) is 6.58. The van der Waals surface area contributed by atoms with E-state index >= 15 is 0 Å². The molecule has 1 unspecified atom stereocenters. The fraction of sp³-hybridized carbons (Fsp3) is 0.250. The maximum absolute atomic E-state index is 12.3. The van der Waals surface area contributed by atoms with Crippen LogP contribution in [0.25, 0.3) is 10.8 Å². The zero-order valence-corrected chi connectivity index (χ0v) is 11.5. The first-order valence-corrected chi connectivity index (χ1v) is 6.58. The number of carbonyl (C=O) groups excluding carboxylic acids is 1. The highest BCUT2D eigenvalue weighted by Gasteiger charge is 2.26. The van der Waals surface area contributed by atoms with E-state index in [-0.39, 0.29) is 0 Å². The number of hydrogen-bond donors (Lipinski definition) is 1. The summed E-state index contributed by atoms with van der Waals surface area (Å²) < 4.78 is 0. The normalized spacial score (nSPS) is 12.1. The largest absolute Gasteiger partial charge is 0.481 e. The quantitative estimate of drug-likeness (QED) is 0.870. The molecule has 1 amide bonds. The second-order valence-corrected chi connectivity index (χ2v) is 4.64. The summed E-state index contributed by atoms with van der Waals surface area (Å²) in [6.45, 7) is 3.69. The summed E-state index contributed by atoms with van der Waals surface area (Å²) in [5, 5.41) is 11.0. The number of anilines is 1. The standard InChI is InChI=1S/C16H17NO3/c1-3-17(15(18)11(2)16(19)20)14-10-6-8-12-7-4-5-9-13(12)14/h4-11H,3H2,1-2H3,(H,19,20). The maximum atomic E-state index is 12.3. The van der Waals surface area contributed by atoms with Gasteiger partial charge in [-0.05, 0) is 25.3 Å². The van der Waals surface area contributed by atoms with Crippen LogP contribution in [0.5, 0.6) is 0 Å². The van der Waals surface area contributed by atoms with Crippen molar-refractivity contribution in [3.63, 3.8) is 0 Å². The minimum Gasteiger partial charge on any atom is -0.481 e. The van der Waals surface area contributed by atoms with Crippen LogP contribution < -0.4 is 4.90 Å². The Labute approximate surface area is 117 Å². The summed E-state index contributed by atoms with van der Waals surface area (Å²) in [7, 11) is 0. The zero-order valence-electron chi connectivity index (χ0n) is 11.5. The lowest BCUT2D eigenvalue weighted by molar-refractivity contribution is -0.145. The van der Waals surface area contributed by atoms with E-state index < -0.39 is 17.8 Å². The van der Waals surface area contributed by atoms with Gasteiger partial charge < -0.3 is 10.0 Å². The predicted molar refractivity (Wildman–Crippen MR) is 78.8 cm³/mol.